The maximum atomic E-state index is 13.5. The fourth-order valence-electron chi connectivity index (χ4n) is 2.78. The largest absolute Gasteiger partial charge is 0.481 e. The quantitative estimate of drug-likeness (QED) is 0.720. The SMILES string of the molecule is O=C(O)C[C@H]1O[C@H](c2cccnc2C(F)(F)F)c2cc(Cl)ccc2NC1=S. The number of alkyl halides is 3. The summed E-state index contributed by atoms with van der Waals surface area (Å²) < 4.78 is 46.1. The molecule has 0 aliphatic carbocycles. The second-order valence-electron chi connectivity index (χ2n) is 5.76. The van der Waals surface area contributed by atoms with Crippen molar-refractivity contribution in [3.05, 3.63) is 58.4 Å². The van der Waals surface area contributed by atoms with E-state index in [2.05, 4.69) is 10.3 Å². The van der Waals surface area contributed by atoms with E-state index in [0.717, 1.165) is 6.20 Å². The molecule has 0 unspecified atom stereocenters. The van der Waals surface area contributed by atoms with Crippen LogP contribution in [0.3, 0.4) is 0 Å². The fraction of sp³-hybridized carbons (Fsp3) is 0.235. The van der Waals surface area contributed by atoms with Crippen LogP contribution in [0.1, 0.15) is 29.3 Å². The first kappa shape index (κ1) is 19.5. The van der Waals surface area contributed by atoms with Crippen LogP contribution in [0.2, 0.25) is 5.02 Å². The molecule has 27 heavy (non-hydrogen) atoms. The van der Waals surface area contributed by atoms with Crippen molar-refractivity contribution in [3.8, 4) is 0 Å². The summed E-state index contributed by atoms with van der Waals surface area (Å²) in [6.07, 6.45) is -6.59. The molecule has 1 aromatic heterocycles. The van der Waals surface area contributed by atoms with Crippen molar-refractivity contribution < 1.29 is 27.8 Å². The minimum Gasteiger partial charge on any atom is -0.481 e. The number of ether oxygens (including phenoxy) is 1. The van der Waals surface area contributed by atoms with Gasteiger partial charge in [-0.3, -0.25) is 9.78 Å². The van der Waals surface area contributed by atoms with Gasteiger partial charge >= 0.3 is 12.1 Å². The zero-order valence-electron chi connectivity index (χ0n) is 13.5. The molecular weight excluding hydrogens is 405 g/mol. The lowest BCUT2D eigenvalue weighted by atomic mass is 9.98. The molecule has 3 rings (SSSR count). The summed E-state index contributed by atoms with van der Waals surface area (Å²) in [6.45, 7) is 0. The van der Waals surface area contributed by atoms with E-state index >= 15 is 0 Å². The predicted octanol–water partition coefficient (Wildman–Crippen LogP) is 4.46. The van der Waals surface area contributed by atoms with E-state index in [4.69, 9.17) is 33.7 Å². The number of carboxylic acids is 1. The molecule has 0 radical (unpaired) electrons. The van der Waals surface area contributed by atoms with E-state index in [1.54, 1.807) is 12.1 Å². The number of aliphatic carboxylic acids is 1. The number of halogens is 4. The maximum Gasteiger partial charge on any atom is 0.433 e. The Morgan fingerprint density at radius 1 is 1.33 bits per heavy atom. The Morgan fingerprint density at radius 3 is 2.74 bits per heavy atom. The number of nitrogens with zero attached hydrogens (tertiary/aromatic N) is 1. The van der Waals surface area contributed by atoms with Crippen molar-refractivity contribution in [2.75, 3.05) is 5.32 Å². The van der Waals surface area contributed by atoms with Gasteiger partial charge in [-0.2, -0.15) is 13.2 Å². The molecule has 1 aliphatic rings. The molecule has 0 bridgehead atoms. The molecular formula is C17H12ClF3N2O3S. The van der Waals surface area contributed by atoms with Crippen molar-refractivity contribution in [1.82, 2.24) is 4.98 Å². The van der Waals surface area contributed by atoms with Crippen LogP contribution >= 0.6 is 23.8 Å². The highest BCUT2D eigenvalue weighted by Gasteiger charge is 2.40. The van der Waals surface area contributed by atoms with Crippen LogP contribution in [-0.4, -0.2) is 27.2 Å². The number of benzene rings is 1. The minimum atomic E-state index is -4.72. The third kappa shape index (κ3) is 4.20. The van der Waals surface area contributed by atoms with Gasteiger partial charge in [0, 0.05) is 28.0 Å². The first-order chi connectivity index (χ1) is 12.7. The van der Waals surface area contributed by atoms with Crippen molar-refractivity contribution in [2.45, 2.75) is 24.8 Å². The number of aromatic nitrogens is 1. The van der Waals surface area contributed by atoms with Crippen LogP contribution in [0.4, 0.5) is 18.9 Å². The molecule has 1 aromatic carbocycles. The summed E-state index contributed by atoms with van der Waals surface area (Å²) in [6, 6.07) is 7.12. The van der Waals surface area contributed by atoms with Crippen LogP contribution in [0.5, 0.6) is 0 Å². The van der Waals surface area contributed by atoms with Gasteiger partial charge in [-0.05, 0) is 24.3 Å². The fourth-order valence-corrected chi connectivity index (χ4v) is 3.21. The average Bonchev–Trinajstić information content (AvgIpc) is 2.71. The number of hydrogen-bond acceptors (Lipinski definition) is 4. The zero-order chi connectivity index (χ0) is 19.8. The van der Waals surface area contributed by atoms with E-state index in [9.17, 15) is 18.0 Å². The molecule has 142 valence electrons. The van der Waals surface area contributed by atoms with Gasteiger partial charge in [-0.1, -0.05) is 29.9 Å². The molecule has 2 heterocycles. The molecule has 5 nitrogen and oxygen atoms in total. The monoisotopic (exact) mass is 416 g/mol. The van der Waals surface area contributed by atoms with E-state index in [-0.39, 0.29) is 15.6 Å². The van der Waals surface area contributed by atoms with Gasteiger partial charge in [-0.25, -0.2) is 0 Å². The highest BCUT2D eigenvalue weighted by molar-refractivity contribution is 7.80. The van der Waals surface area contributed by atoms with Gasteiger partial charge in [0.2, 0.25) is 0 Å². The Kier molecular flexibility index (Phi) is 5.36. The van der Waals surface area contributed by atoms with E-state index in [0.29, 0.717) is 11.3 Å². The van der Waals surface area contributed by atoms with Crippen molar-refractivity contribution in [2.24, 2.45) is 0 Å². The predicted molar refractivity (Wildman–Crippen MR) is 95.9 cm³/mol. The summed E-state index contributed by atoms with van der Waals surface area (Å²) in [5.41, 5.74) is -0.686. The number of thiocarbonyl (C=S) groups is 1. The molecule has 10 heteroatoms. The molecule has 1 aliphatic heterocycles. The van der Waals surface area contributed by atoms with Gasteiger partial charge < -0.3 is 15.2 Å². The number of carbonyl (C=O) groups is 1. The van der Waals surface area contributed by atoms with Gasteiger partial charge in [-0.15, -0.1) is 0 Å². The number of carboxylic acid groups (broad SMARTS) is 1. The molecule has 0 amide bonds. The molecule has 0 spiro atoms. The van der Waals surface area contributed by atoms with Crippen LogP contribution < -0.4 is 5.32 Å². The van der Waals surface area contributed by atoms with Crippen molar-refractivity contribution >= 4 is 40.5 Å². The van der Waals surface area contributed by atoms with Crippen molar-refractivity contribution in [3.63, 3.8) is 0 Å². The summed E-state index contributed by atoms with van der Waals surface area (Å²) in [5.74, 6) is -1.20. The van der Waals surface area contributed by atoms with Crippen molar-refractivity contribution in [1.29, 1.82) is 0 Å². The molecule has 0 saturated carbocycles. The first-order valence-corrected chi connectivity index (χ1v) is 8.45. The number of anilines is 1. The summed E-state index contributed by atoms with van der Waals surface area (Å²) in [4.78, 5) is 14.6. The van der Waals surface area contributed by atoms with Gasteiger partial charge in [0.15, 0.2) is 5.69 Å². The lowest BCUT2D eigenvalue weighted by Gasteiger charge is -2.24. The molecule has 2 N–H and O–H groups in total. The van der Waals surface area contributed by atoms with Crippen LogP contribution in [0.15, 0.2) is 36.5 Å². The number of fused-ring (bicyclic) bond motifs is 1. The van der Waals surface area contributed by atoms with Crippen LogP contribution in [0, 0.1) is 0 Å². The summed E-state index contributed by atoms with van der Waals surface area (Å²) in [5, 5.41) is 12.2. The van der Waals surface area contributed by atoms with Crippen LogP contribution in [-0.2, 0) is 15.7 Å². The molecule has 0 saturated heterocycles. The molecule has 2 atom stereocenters. The lowest BCUT2D eigenvalue weighted by Crippen LogP contribution is -2.30. The Bertz CT molecular complexity index is 907. The number of rotatable bonds is 3. The highest BCUT2D eigenvalue weighted by atomic mass is 35.5. The van der Waals surface area contributed by atoms with E-state index in [1.165, 1.54) is 18.2 Å². The second kappa shape index (κ2) is 7.41. The third-order valence-corrected chi connectivity index (χ3v) is 4.50. The molecule has 2 aromatic rings. The standard InChI is InChI=1S/C17H12ClF3N2O3S/c18-8-3-4-11-10(6-8)14(26-12(7-13(24)25)16(27)23-11)9-2-1-5-22-15(9)17(19,20)21/h1-6,12,14H,7H2,(H,23,27)(H,24,25)/t12-,14-/m1/s1. The number of hydrogen-bond donors (Lipinski definition) is 2. The average molecular weight is 417 g/mol. The normalized spacial score (nSPS) is 19.8. The minimum absolute atomic E-state index is 0.0564. The maximum absolute atomic E-state index is 13.5. The summed E-state index contributed by atoms with van der Waals surface area (Å²) >= 11 is 11.2. The highest BCUT2D eigenvalue weighted by Crippen LogP contribution is 2.41. The van der Waals surface area contributed by atoms with Gasteiger partial charge in [0.25, 0.3) is 0 Å². The first-order valence-electron chi connectivity index (χ1n) is 7.66. The Balaban J connectivity index is 2.18. The zero-order valence-corrected chi connectivity index (χ0v) is 15.0. The smallest absolute Gasteiger partial charge is 0.433 e. The van der Waals surface area contributed by atoms with E-state index in [1.807, 2.05) is 0 Å². The topological polar surface area (TPSA) is 71.5 Å². The Hall–Kier alpha value is -2.23. The summed E-state index contributed by atoms with van der Waals surface area (Å²) in [7, 11) is 0. The van der Waals surface area contributed by atoms with Gasteiger partial charge in [0.1, 0.15) is 17.2 Å². The van der Waals surface area contributed by atoms with Crippen LogP contribution in [0.25, 0.3) is 0 Å². The number of pyridine rings is 1. The Morgan fingerprint density at radius 2 is 2.07 bits per heavy atom. The Labute approximate surface area is 162 Å². The molecule has 0 fully saturated rings. The third-order valence-electron chi connectivity index (χ3n) is 3.90. The number of nitrogens with one attached hydrogen (secondary N) is 1. The lowest BCUT2D eigenvalue weighted by molar-refractivity contribution is -0.144. The van der Waals surface area contributed by atoms with Gasteiger partial charge in [0.05, 0.1) is 6.42 Å². The van der Waals surface area contributed by atoms with E-state index < -0.39 is 36.5 Å². The second-order valence-corrected chi connectivity index (χ2v) is 6.64.